The summed E-state index contributed by atoms with van der Waals surface area (Å²) < 4.78 is 11.7. The summed E-state index contributed by atoms with van der Waals surface area (Å²) in [6, 6.07) is 16.1. The maximum absolute atomic E-state index is 6.08. The largest absolute Gasteiger partial charge is 0.460 e. The van der Waals surface area contributed by atoms with Gasteiger partial charge < -0.3 is 9.15 Å². The third-order valence-electron chi connectivity index (χ3n) is 3.42. The molecule has 1 heterocycles. The molecule has 2 aromatic carbocycles. The van der Waals surface area contributed by atoms with Crippen LogP contribution in [0.5, 0.6) is 11.5 Å². The van der Waals surface area contributed by atoms with E-state index in [9.17, 15) is 0 Å². The Morgan fingerprint density at radius 3 is 2.65 bits per heavy atom. The van der Waals surface area contributed by atoms with Crippen molar-refractivity contribution in [3.63, 3.8) is 0 Å². The Morgan fingerprint density at radius 2 is 1.85 bits per heavy atom. The molecule has 0 saturated heterocycles. The highest BCUT2D eigenvalue weighted by Crippen LogP contribution is 2.35. The second-order valence-corrected chi connectivity index (χ2v) is 4.91. The highest BCUT2D eigenvalue weighted by Gasteiger charge is 2.12. The van der Waals surface area contributed by atoms with E-state index in [0.717, 1.165) is 35.3 Å². The Morgan fingerprint density at radius 1 is 1.00 bits per heavy atom. The minimum Gasteiger partial charge on any atom is -0.460 e. The highest BCUT2D eigenvalue weighted by atomic mass is 16.5. The van der Waals surface area contributed by atoms with Gasteiger partial charge in [-0.05, 0) is 36.6 Å². The van der Waals surface area contributed by atoms with Crippen LogP contribution in [0, 0.1) is 0 Å². The van der Waals surface area contributed by atoms with Crippen molar-refractivity contribution in [1.82, 2.24) is 0 Å². The summed E-state index contributed by atoms with van der Waals surface area (Å²) in [5.41, 5.74) is 2.04. The van der Waals surface area contributed by atoms with Gasteiger partial charge in [-0.3, -0.25) is 0 Å². The van der Waals surface area contributed by atoms with Gasteiger partial charge in [0.2, 0.25) is 0 Å². The van der Waals surface area contributed by atoms with Crippen LogP contribution in [0.2, 0.25) is 0 Å². The Kier molecular flexibility index (Phi) is 3.73. The smallest absolute Gasteiger partial charge is 0.176 e. The quantitative estimate of drug-likeness (QED) is 0.602. The van der Waals surface area contributed by atoms with E-state index in [1.165, 1.54) is 12.0 Å². The van der Waals surface area contributed by atoms with Crippen molar-refractivity contribution < 1.29 is 9.15 Å². The van der Waals surface area contributed by atoms with Gasteiger partial charge in [-0.2, -0.15) is 0 Å². The highest BCUT2D eigenvalue weighted by molar-refractivity contribution is 5.84. The van der Waals surface area contributed by atoms with Gasteiger partial charge in [-0.1, -0.05) is 43.7 Å². The zero-order valence-corrected chi connectivity index (χ0v) is 11.6. The maximum atomic E-state index is 6.08. The van der Waals surface area contributed by atoms with Gasteiger partial charge in [-0.15, -0.1) is 0 Å². The van der Waals surface area contributed by atoms with Crippen LogP contribution in [0.3, 0.4) is 0 Å². The van der Waals surface area contributed by atoms with Gasteiger partial charge in [0.1, 0.15) is 5.75 Å². The van der Waals surface area contributed by atoms with Crippen LogP contribution in [-0.2, 0) is 6.42 Å². The SMILES string of the molecule is CCCCc1ccc2ccoc2c1Oc1ccccc1. The second kappa shape index (κ2) is 5.83. The number of aryl methyl sites for hydroxylation is 1. The minimum absolute atomic E-state index is 0.836. The van der Waals surface area contributed by atoms with E-state index >= 15 is 0 Å². The lowest BCUT2D eigenvalue weighted by molar-refractivity contribution is 0.465. The molecule has 3 aromatic rings. The van der Waals surface area contributed by atoms with Crippen molar-refractivity contribution in [3.05, 3.63) is 60.4 Å². The van der Waals surface area contributed by atoms with Gasteiger partial charge in [0, 0.05) is 5.39 Å². The molecule has 1 aromatic heterocycles. The zero-order chi connectivity index (χ0) is 13.8. The average Bonchev–Trinajstić information content (AvgIpc) is 2.96. The van der Waals surface area contributed by atoms with Gasteiger partial charge in [0.15, 0.2) is 11.3 Å². The van der Waals surface area contributed by atoms with Crippen molar-refractivity contribution in [2.75, 3.05) is 0 Å². The van der Waals surface area contributed by atoms with Crippen molar-refractivity contribution in [3.8, 4) is 11.5 Å². The number of ether oxygens (including phenoxy) is 1. The molecule has 0 aliphatic heterocycles. The number of rotatable bonds is 5. The first-order valence-corrected chi connectivity index (χ1v) is 7.10. The third-order valence-corrected chi connectivity index (χ3v) is 3.42. The first-order valence-electron chi connectivity index (χ1n) is 7.10. The van der Waals surface area contributed by atoms with E-state index in [4.69, 9.17) is 9.15 Å². The lowest BCUT2D eigenvalue weighted by atomic mass is 10.1. The van der Waals surface area contributed by atoms with E-state index in [1.54, 1.807) is 6.26 Å². The normalized spacial score (nSPS) is 10.8. The average molecular weight is 266 g/mol. The van der Waals surface area contributed by atoms with Gasteiger partial charge >= 0.3 is 0 Å². The predicted molar refractivity (Wildman–Crippen MR) is 81.3 cm³/mol. The maximum Gasteiger partial charge on any atom is 0.176 e. The first-order chi connectivity index (χ1) is 9.88. The fourth-order valence-corrected chi connectivity index (χ4v) is 2.33. The van der Waals surface area contributed by atoms with Crippen LogP contribution >= 0.6 is 0 Å². The standard InChI is InChI=1S/C18H18O2/c1-2-3-7-14-10-11-15-12-13-19-17(15)18(14)20-16-8-5-4-6-9-16/h4-6,8-13H,2-3,7H2,1H3. The van der Waals surface area contributed by atoms with Crippen molar-refractivity contribution in [2.45, 2.75) is 26.2 Å². The van der Waals surface area contributed by atoms with E-state index < -0.39 is 0 Å². The van der Waals surface area contributed by atoms with E-state index in [-0.39, 0.29) is 0 Å². The molecule has 2 nitrogen and oxygen atoms in total. The van der Waals surface area contributed by atoms with Crippen molar-refractivity contribution in [2.24, 2.45) is 0 Å². The Hall–Kier alpha value is -2.22. The summed E-state index contributed by atoms with van der Waals surface area (Å²) in [6.07, 6.45) is 5.04. The molecular weight excluding hydrogens is 248 g/mol. The molecule has 2 heteroatoms. The van der Waals surface area contributed by atoms with Crippen LogP contribution in [0.15, 0.2) is 59.2 Å². The van der Waals surface area contributed by atoms with Crippen LogP contribution in [0.1, 0.15) is 25.3 Å². The molecule has 0 fully saturated rings. The van der Waals surface area contributed by atoms with Crippen LogP contribution in [0.4, 0.5) is 0 Å². The lowest BCUT2D eigenvalue weighted by Gasteiger charge is -2.11. The van der Waals surface area contributed by atoms with Crippen LogP contribution < -0.4 is 4.74 Å². The molecule has 0 unspecified atom stereocenters. The molecule has 102 valence electrons. The molecule has 0 bridgehead atoms. The number of para-hydroxylation sites is 1. The van der Waals surface area contributed by atoms with Crippen molar-refractivity contribution >= 4 is 11.0 Å². The summed E-state index contributed by atoms with van der Waals surface area (Å²) in [4.78, 5) is 0. The molecule has 0 aliphatic rings. The Balaban J connectivity index is 2.02. The monoisotopic (exact) mass is 266 g/mol. The van der Waals surface area contributed by atoms with Gasteiger partial charge in [0.05, 0.1) is 6.26 Å². The van der Waals surface area contributed by atoms with Crippen LogP contribution in [-0.4, -0.2) is 0 Å². The van der Waals surface area contributed by atoms with Crippen molar-refractivity contribution in [1.29, 1.82) is 0 Å². The number of benzene rings is 2. The Bertz CT molecular complexity index is 683. The molecule has 0 spiro atoms. The first kappa shape index (κ1) is 12.8. The van der Waals surface area contributed by atoms with E-state index in [1.807, 2.05) is 36.4 Å². The summed E-state index contributed by atoms with van der Waals surface area (Å²) >= 11 is 0. The molecule has 0 amide bonds. The molecule has 0 N–H and O–H groups in total. The van der Waals surface area contributed by atoms with Gasteiger partial charge in [0.25, 0.3) is 0 Å². The molecule has 0 radical (unpaired) electrons. The van der Waals surface area contributed by atoms with Gasteiger partial charge in [-0.25, -0.2) is 0 Å². The minimum atomic E-state index is 0.836. The fourth-order valence-electron chi connectivity index (χ4n) is 2.33. The molecule has 3 rings (SSSR count). The van der Waals surface area contributed by atoms with E-state index in [2.05, 4.69) is 19.1 Å². The zero-order valence-electron chi connectivity index (χ0n) is 11.6. The molecule has 0 atom stereocenters. The summed E-state index contributed by atoms with van der Waals surface area (Å²) in [6.45, 7) is 2.20. The Labute approximate surface area is 119 Å². The molecule has 0 saturated carbocycles. The second-order valence-electron chi connectivity index (χ2n) is 4.91. The molecular formula is C18H18O2. The number of hydrogen-bond donors (Lipinski definition) is 0. The summed E-state index contributed by atoms with van der Waals surface area (Å²) in [5, 5.41) is 1.08. The van der Waals surface area contributed by atoms with Crippen LogP contribution in [0.25, 0.3) is 11.0 Å². The summed E-state index contributed by atoms with van der Waals surface area (Å²) in [7, 11) is 0. The predicted octanol–water partition coefficient (Wildman–Crippen LogP) is 5.57. The number of furan rings is 1. The topological polar surface area (TPSA) is 22.4 Å². The third kappa shape index (κ3) is 2.55. The molecule has 0 aliphatic carbocycles. The fraction of sp³-hybridized carbons (Fsp3) is 0.222. The van der Waals surface area contributed by atoms with E-state index in [0.29, 0.717) is 0 Å². The summed E-state index contributed by atoms with van der Waals surface area (Å²) in [5.74, 6) is 1.70. The lowest BCUT2D eigenvalue weighted by Crippen LogP contribution is -1.93. The number of unbranched alkanes of at least 4 members (excludes halogenated alkanes) is 1. The molecule has 20 heavy (non-hydrogen) atoms. The number of hydrogen-bond acceptors (Lipinski definition) is 2. The number of fused-ring (bicyclic) bond motifs is 1.